The summed E-state index contributed by atoms with van der Waals surface area (Å²) in [4.78, 5) is 3.65. The third kappa shape index (κ3) is 2.75. The van der Waals surface area contributed by atoms with Crippen LogP contribution in [0.2, 0.25) is 5.02 Å². The van der Waals surface area contributed by atoms with Crippen molar-refractivity contribution in [1.82, 2.24) is 4.98 Å². The summed E-state index contributed by atoms with van der Waals surface area (Å²) < 4.78 is 5.46. The number of para-hydroxylation sites is 1. The molecule has 0 amide bonds. The van der Waals surface area contributed by atoms with Gasteiger partial charge in [-0.2, -0.15) is 0 Å². The van der Waals surface area contributed by atoms with Gasteiger partial charge in [0.2, 0.25) is 0 Å². The number of aromatic nitrogens is 1. The Balaban J connectivity index is 1.76. The van der Waals surface area contributed by atoms with E-state index < -0.39 is 0 Å². The number of hydrogen-bond donors (Lipinski definition) is 2. The Bertz CT molecular complexity index is 1130. The van der Waals surface area contributed by atoms with Gasteiger partial charge in [-0.15, -0.1) is 0 Å². The molecular formula is C23H19ClN2O. The number of aromatic amines is 1. The van der Waals surface area contributed by atoms with Crippen LogP contribution in [0.3, 0.4) is 0 Å². The first-order valence-corrected chi connectivity index (χ1v) is 9.39. The molecule has 0 saturated heterocycles. The van der Waals surface area contributed by atoms with E-state index >= 15 is 0 Å². The minimum absolute atomic E-state index is 0.0271. The van der Waals surface area contributed by atoms with Gasteiger partial charge in [0.25, 0.3) is 0 Å². The lowest BCUT2D eigenvalue weighted by molar-refractivity contribution is 0.415. The molecular weight excluding hydrogens is 356 g/mol. The summed E-state index contributed by atoms with van der Waals surface area (Å²) in [5.41, 5.74) is 7.26. The van der Waals surface area contributed by atoms with Crippen LogP contribution in [0, 0.1) is 0 Å². The zero-order chi connectivity index (χ0) is 18.4. The van der Waals surface area contributed by atoms with Crippen molar-refractivity contribution in [3.05, 3.63) is 94.1 Å². The molecule has 0 aliphatic carbocycles. The molecule has 27 heavy (non-hydrogen) atoms. The fraction of sp³-hybridized carbons (Fsp3) is 0.130. The molecule has 134 valence electrons. The van der Waals surface area contributed by atoms with Crippen LogP contribution in [-0.2, 0) is 6.42 Å². The molecule has 3 aromatic carbocycles. The first-order valence-electron chi connectivity index (χ1n) is 9.01. The van der Waals surface area contributed by atoms with Crippen molar-refractivity contribution < 1.29 is 4.74 Å². The molecule has 1 unspecified atom stereocenters. The number of methoxy groups -OCH3 is 1. The van der Waals surface area contributed by atoms with Gasteiger partial charge >= 0.3 is 0 Å². The van der Waals surface area contributed by atoms with Gasteiger partial charge < -0.3 is 15.0 Å². The Kier molecular flexibility index (Phi) is 3.83. The quantitative estimate of drug-likeness (QED) is 0.456. The van der Waals surface area contributed by atoms with Crippen LogP contribution >= 0.6 is 11.6 Å². The molecule has 1 atom stereocenters. The largest absolute Gasteiger partial charge is 0.497 e. The highest BCUT2D eigenvalue weighted by Gasteiger charge is 2.26. The fourth-order valence-electron chi connectivity index (χ4n) is 3.95. The maximum Gasteiger partial charge on any atom is 0.119 e. The molecule has 0 fully saturated rings. The lowest BCUT2D eigenvalue weighted by atomic mass is 9.97. The minimum Gasteiger partial charge on any atom is -0.497 e. The minimum atomic E-state index is 0.0271. The smallest absolute Gasteiger partial charge is 0.119 e. The van der Waals surface area contributed by atoms with Crippen molar-refractivity contribution in [2.24, 2.45) is 0 Å². The van der Waals surface area contributed by atoms with E-state index in [2.05, 4.69) is 58.8 Å². The molecule has 5 rings (SSSR count). The van der Waals surface area contributed by atoms with Crippen molar-refractivity contribution in [2.45, 2.75) is 12.5 Å². The Hall–Kier alpha value is -2.91. The van der Waals surface area contributed by atoms with Gasteiger partial charge in [0.1, 0.15) is 5.75 Å². The number of hydrogen-bond acceptors (Lipinski definition) is 2. The van der Waals surface area contributed by atoms with Gasteiger partial charge in [-0.05, 0) is 53.1 Å². The van der Waals surface area contributed by atoms with E-state index in [0.29, 0.717) is 0 Å². The van der Waals surface area contributed by atoms with Crippen LogP contribution in [0.4, 0.5) is 5.69 Å². The predicted octanol–water partition coefficient (Wildman–Crippen LogP) is 5.94. The maximum atomic E-state index is 6.12. The molecule has 2 N–H and O–H groups in total. The number of halogens is 1. The van der Waals surface area contributed by atoms with Crippen molar-refractivity contribution >= 4 is 28.2 Å². The third-order valence-corrected chi connectivity index (χ3v) is 5.57. The van der Waals surface area contributed by atoms with Crippen LogP contribution < -0.4 is 10.1 Å². The van der Waals surface area contributed by atoms with Gasteiger partial charge in [0.15, 0.2) is 0 Å². The van der Waals surface area contributed by atoms with Crippen LogP contribution in [-0.4, -0.2) is 12.1 Å². The average Bonchev–Trinajstić information content (AvgIpc) is 2.96. The van der Waals surface area contributed by atoms with Gasteiger partial charge in [-0.3, -0.25) is 0 Å². The number of rotatable bonds is 2. The van der Waals surface area contributed by atoms with Crippen molar-refractivity contribution in [3.8, 4) is 5.75 Å². The van der Waals surface area contributed by atoms with Crippen LogP contribution in [0.1, 0.15) is 28.4 Å². The number of nitrogens with one attached hydrogen (secondary N) is 2. The number of fused-ring (bicyclic) bond motifs is 4. The normalized spacial score (nSPS) is 15.6. The SMILES string of the molecule is COc1ccc2[nH]c3c(c2c1)Cc1ccccc1NC3c1ccc(Cl)cc1. The summed E-state index contributed by atoms with van der Waals surface area (Å²) in [5.74, 6) is 0.873. The van der Waals surface area contributed by atoms with Crippen LogP contribution in [0.25, 0.3) is 10.9 Å². The molecule has 2 heterocycles. The van der Waals surface area contributed by atoms with E-state index in [1.165, 1.54) is 27.8 Å². The zero-order valence-electron chi connectivity index (χ0n) is 14.9. The summed E-state index contributed by atoms with van der Waals surface area (Å²) in [7, 11) is 1.71. The van der Waals surface area contributed by atoms with Gasteiger partial charge in [0, 0.05) is 33.7 Å². The zero-order valence-corrected chi connectivity index (χ0v) is 15.7. The average molecular weight is 375 g/mol. The van der Waals surface area contributed by atoms with E-state index in [0.717, 1.165) is 28.4 Å². The number of H-pyrrole nitrogens is 1. The standard InChI is InChI=1S/C23H19ClN2O/c1-27-17-10-11-21-18(13-17)19-12-15-4-2-3-5-20(15)25-22(23(19)26-21)14-6-8-16(24)9-7-14/h2-11,13,22,25-26H,12H2,1H3. The first-order chi connectivity index (χ1) is 13.2. The Morgan fingerprint density at radius 1 is 1.00 bits per heavy atom. The molecule has 0 saturated carbocycles. The van der Waals surface area contributed by atoms with Gasteiger partial charge in [-0.1, -0.05) is 41.9 Å². The number of ether oxygens (including phenoxy) is 1. The topological polar surface area (TPSA) is 37.0 Å². The summed E-state index contributed by atoms with van der Waals surface area (Å²) in [6, 6.07) is 22.8. The highest BCUT2D eigenvalue weighted by Crippen LogP contribution is 2.39. The number of benzene rings is 3. The molecule has 3 nitrogen and oxygen atoms in total. The van der Waals surface area contributed by atoms with E-state index in [9.17, 15) is 0 Å². The summed E-state index contributed by atoms with van der Waals surface area (Å²) in [6.45, 7) is 0. The van der Waals surface area contributed by atoms with Crippen molar-refractivity contribution in [2.75, 3.05) is 12.4 Å². The molecule has 0 radical (unpaired) electrons. The monoisotopic (exact) mass is 374 g/mol. The fourth-order valence-corrected chi connectivity index (χ4v) is 4.08. The van der Waals surface area contributed by atoms with Crippen molar-refractivity contribution in [1.29, 1.82) is 0 Å². The van der Waals surface area contributed by atoms with E-state index in [4.69, 9.17) is 16.3 Å². The second-order valence-corrected chi connectivity index (χ2v) is 7.33. The molecule has 4 aromatic rings. The summed E-state index contributed by atoms with van der Waals surface area (Å²) >= 11 is 6.12. The lowest BCUT2D eigenvalue weighted by Gasteiger charge is -2.19. The molecule has 4 heteroatoms. The molecule has 0 bridgehead atoms. The van der Waals surface area contributed by atoms with E-state index in [1.807, 2.05) is 18.2 Å². The summed E-state index contributed by atoms with van der Waals surface area (Å²) in [6.07, 6.45) is 0.871. The van der Waals surface area contributed by atoms with Gasteiger partial charge in [0.05, 0.1) is 13.2 Å². The van der Waals surface area contributed by atoms with E-state index in [-0.39, 0.29) is 6.04 Å². The second-order valence-electron chi connectivity index (χ2n) is 6.89. The Morgan fingerprint density at radius 2 is 1.81 bits per heavy atom. The van der Waals surface area contributed by atoms with E-state index in [1.54, 1.807) is 7.11 Å². The molecule has 1 aromatic heterocycles. The highest BCUT2D eigenvalue weighted by molar-refractivity contribution is 6.30. The second kappa shape index (κ2) is 6.36. The van der Waals surface area contributed by atoms with Crippen LogP contribution in [0.15, 0.2) is 66.7 Å². The molecule has 1 aliphatic rings. The first kappa shape index (κ1) is 16.3. The Morgan fingerprint density at radius 3 is 2.63 bits per heavy atom. The Labute approximate surface area is 162 Å². The van der Waals surface area contributed by atoms with Crippen molar-refractivity contribution in [3.63, 3.8) is 0 Å². The molecule has 0 spiro atoms. The maximum absolute atomic E-state index is 6.12. The predicted molar refractivity (Wildman–Crippen MR) is 111 cm³/mol. The molecule has 1 aliphatic heterocycles. The third-order valence-electron chi connectivity index (χ3n) is 5.32. The lowest BCUT2D eigenvalue weighted by Crippen LogP contribution is -2.12. The summed E-state index contributed by atoms with van der Waals surface area (Å²) in [5, 5.41) is 5.69. The highest BCUT2D eigenvalue weighted by atomic mass is 35.5. The number of anilines is 1. The van der Waals surface area contributed by atoms with Gasteiger partial charge in [-0.25, -0.2) is 0 Å². The van der Waals surface area contributed by atoms with Crippen LogP contribution in [0.5, 0.6) is 5.75 Å².